The van der Waals surface area contributed by atoms with E-state index in [4.69, 9.17) is 5.73 Å². The third kappa shape index (κ3) is 4.64. The van der Waals surface area contributed by atoms with Crippen molar-refractivity contribution in [1.29, 1.82) is 0 Å². The summed E-state index contributed by atoms with van der Waals surface area (Å²) >= 11 is 0. The Hall–Kier alpha value is -1.10. The van der Waals surface area contributed by atoms with Gasteiger partial charge >= 0.3 is 0 Å². The third-order valence-electron chi connectivity index (χ3n) is 3.02. The largest absolute Gasteiger partial charge is 0.326 e. The van der Waals surface area contributed by atoms with Crippen molar-refractivity contribution in [2.24, 2.45) is 5.73 Å². The van der Waals surface area contributed by atoms with Crippen LogP contribution in [-0.2, 0) is 4.79 Å². The first-order chi connectivity index (χ1) is 8.24. The monoisotopic (exact) mass is 269 g/mol. The molecule has 0 unspecified atom stereocenters. The van der Waals surface area contributed by atoms with E-state index < -0.39 is 0 Å². The topological polar surface area (TPSA) is 58.4 Å². The number of benzene rings is 1. The number of carbonyl (C=O) groups is 1. The second kappa shape index (κ2) is 7.36. The van der Waals surface area contributed by atoms with E-state index in [2.05, 4.69) is 10.2 Å². The smallest absolute Gasteiger partial charge is 0.225 e. The van der Waals surface area contributed by atoms with Gasteiger partial charge in [-0.3, -0.25) is 4.79 Å². The highest BCUT2D eigenvalue weighted by molar-refractivity contribution is 5.90. The molecule has 1 atom stereocenters. The average molecular weight is 270 g/mol. The summed E-state index contributed by atoms with van der Waals surface area (Å²) in [7, 11) is 0. The molecule has 1 aromatic rings. The van der Waals surface area contributed by atoms with Crippen molar-refractivity contribution in [2.45, 2.75) is 18.9 Å². The zero-order valence-electron chi connectivity index (χ0n) is 10.3. The van der Waals surface area contributed by atoms with Crippen molar-refractivity contribution >= 4 is 24.0 Å². The molecule has 3 N–H and O–H groups in total. The zero-order valence-corrected chi connectivity index (χ0v) is 11.2. The summed E-state index contributed by atoms with van der Waals surface area (Å²) in [5.41, 5.74) is 6.67. The highest BCUT2D eigenvalue weighted by Crippen LogP contribution is 2.09. The van der Waals surface area contributed by atoms with E-state index in [0.717, 1.165) is 31.7 Å². The highest BCUT2D eigenvalue weighted by atomic mass is 35.5. The lowest BCUT2D eigenvalue weighted by Gasteiger charge is -2.14. The van der Waals surface area contributed by atoms with Crippen LogP contribution in [0.5, 0.6) is 0 Å². The Kier molecular flexibility index (Phi) is 6.12. The van der Waals surface area contributed by atoms with Crippen molar-refractivity contribution in [3.05, 3.63) is 30.3 Å². The molecular formula is C13H20ClN3O. The molecule has 18 heavy (non-hydrogen) atoms. The lowest BCUT2D eigenvalue weighted by molar-refractivity contribution is -0.116. The summed E-state index contributed by atoms with van der Waals surface area (Å²) in [6, 6.07) is 9.82. The van der Waals surface area contributed by atoms with Crippen LogP contribution in [0.4, 0.5) is 5.69 Å². The molecule has 0 aliphatic carbocycles. The van der Waals surface area contributed by atoms with Gasteiger partial charge in [-0.25, -0.2) is 0 Å². The maximum Gasteiger partial charge on any atom is 0.225 e. The van der Waals surface area contributed by atoms with Gasteiger partial charge < -0.3 is 16.0 Å². The predicted octanol–water partition coefficient (Wildman–Crippen LogP) is 1.47. The summed E-state index contributed by atoms with van der Waals surface area (Å²) in [5.74, 6) is 0.0664. The summed E-state index contributed by atoms with van der Waals surface area (Å²) in [6.45, 7) is 2.73. The molecule has 100 valence electrons. The normalized spacial score (nSPS) is 19.3. The molecule has 1 aromatic carbocycles. The number of likely N-dealkylation sites (tertiary alicyclic amines) is 1. The third-order valence-corrected chi connectivity index (χ3v) is 3.02. The maximum absolute atomic E-state index is 11.7. The number of nitrogens with zero attached hydrogens (tertiary/aromatic N) is 1. The number of hydrogen-bond acceptors (Lipinski definition) is 3. The molecule has 1 aliphatic heterocycles. The quantitative estimate of drug-likeness (QED) is 0.870. The molecular weight excluding hydrogens is 250 g/mol. The van der Waals surface area contributed by atoms with Crippen LogP contribution in [0.2, 0.25) is 0 Å². The van der Waals surface area contributed by atoms with E-state index in [0.29, 0.717) is 6.42 Å². The van der Waals surface area contributed by atoms with Crippen molar-refractivity contribution in [1.82, 2.24) is 4.90 Å². The molecule has 1 saturated heterocycles. The molecule has 0 bridgehead atoms. The minimum atomic E-state index is 0. The van der Waals surface area contributed by atoms with Gasteiger partial charge in [-0.05, 0) is 25.1 Å². The Balaban J connectivity index is 0.00000162. The Morgan fingerprint density at radius 3 is 2.72 bits per heavy atom. The molecule has 1 heterocycles. The number of halogens is 1. The van der Waals surface area contributed by atoms with Gasteiger partial charge in [0.2, 0.25) is 5.91 Å². The summed E-state index contributed by atoms with van der Waals surface area (Å²) in [5, 5.41) is 2.88. The fourth-order valence-corrected chi connectivity index (χ4v) is 2.07. The van der Waals surface area contributed by atoms with Crippen molar-refractivity contribution in [3.8, 4) is 0 Å². The van der Waals surface area contributed by atoms with Gasteiger partial charge in [0.15, 0.2) is 0 Å². The van der Waals surface area contributed by atoms with Crippen LogP contribution in [0.25, 0.3) is 0 Å². The van der Waals surface area contributed by atoms with E-state index in [1.807, 2.05) is 30.3 Å². The lowest BCUT2D eigenvalue weighted by atomic mass is 10.3. The van der Waals surface area contributed by atoms with Crippen molar-refractivity contribution in [3.63, 3.8) is 0 Å². The molecule has 0 radical (unpaired) electrons. The molecule has 1 aliphatic rings. The zero-order chi connectivity index (χ0) is 12.1. The van der Waals surface area contributed by atoms with Gasteiger partial charge in [0.25, 0.3) is 0 Å². The number of hydrogen-bond donors (Lipinski definition) is 2. The number of rotatable bonds is 4. The molecule has 2 rings (SSSR count). The van der Waals surface area contributed by atoms with Gasteiger partial charge in [0, 0.05) is 31.2 Å². The van der Waals surface area contributed by atoms with Crippen LogP contribution >= 0.6 is 12.4 Å². The van der Waals surface area contributed by atoms with E-state index in [1.54, 1.807) is 0 Å². The second-order valence-electron chi connectivity index (χ2n) is 4.51. The summed E-state index contributed by atoms with van der Waals surface area (Å²) in [6.07, 6.45) is 1.57. The van der Waals surface area contributed by atoms with Gasteiger partial charge in [-0.1, -0.05) is 18.2 Å². The number of amides is 1. The lowest BCUT2D eigenvalue weighted by Crippen LogP contribution is -2.29. The second-order valence-corrected chi connectivity index (χ2v) is 4.51. The molecule has 0 spiro atoms. The van der Waals surface area contributed by atoms with Crippen molar-refractivity contribution < 1.29 is 4.79 Å². The Morgan fingerprint density at radius 2 is 2.11 bits per heavy atom. The average Bonchev–Trinajstić information content (AvgIpc) is 2.74. The van der Waals surface area contributed by atoms with Crippen LogP contribution in [0, 0.1) is 0 Å². The SMILES string of the molecule is Cl.N[C@@H]1CCN(CCC(=O)Nc2ccccc2)C1. The summed E-state index contributed by atoms with van der Waals surface area (Å²) < 4.78 is 0. The molecule has 0 saturated carbocycles. The van der Waals surface area contributed by atoms with Gasteiger partial charge in [0.05, 0.1) is 0 Å². The standard InChI is InChI=1S/C13H19N3O.ClH/c14-11-6-8-16(10-11)9-7-13(17)15-12-4-2-1-3-5-12;/h1-5,11H,6-10,14H2,(H,15,17);1H/t11-;/m1./s1. The molecule has 1 fully saturated rings. The maximum atomic E-state index is 11.7. The van der Waals surface area contributed by atoms with Crippen molar-refractivity contribution in [2.75, 3.05) is 25.0 Å². The Bertz CT molecular complexity index is 372. The number of anilines is 1. The Morgan fingerprint density at radius 1 is 1.39 bits per heavy atom. The predicted molar refractivity (Wildman–Crippen MR) is 76.0 cm³/mol. The molecule has 0 aromatic heterocycles. The first kappa shape index (κ1) is 15.0. The van der Waals surface area contributed by atoms with E-state index in [1.165, 1.54) is 0 Å². The Labute approximate surface area is 114 Å². The van der Waals surface area contributed by atoms with Gasteiger partial charge in [-0.2, -0.15) is 0 Å². The fraction of sp³-hybridized carbons (Fsp3) is 0.462. The number of para-hydroxylation sites is 1. The van der Waals surface area contributed by atoms with Crippen LogP contribution < -0.4 is 11.1 Å². The van der Waals surface area contributed by atoms with E-state index >= 15 is 0 Å². The van der Waals surface area contributed by atoms with Crippen LogP contribution in [0.1, 0.15) is 12.8 Å². The van der Waals surface area contributed by atoms with Gasteiger partial charge in [-0.15, -0.1) is 12.4 Å². The van der Waals surface area contributed by atoms with Crippen LogP contribution in [0.3, 0.4) is 0 Å². The van der Waals surface area contributed by atoms with Crippen LogP contribution in [-0.4, -0.2) is 36.5 Å². The minimum absolute atomic E-state index is 0. The highest BCUT2D eigenvalue weighted by Gasteiger charge is 2.19. The van der Waals surface area contributed by atoms with E-state index in [-0.39, 0.29) is 24.4 Å². The summed E-state index contributed by atoms with van der Waals surface area (Å²) in [4.78, 5) is 13.9. The van der Waals surface area contributed by atoms with Crippen LogP contribution in [0.15, 0.2) is 30.3 Å². The number of nitrogens with two attached hydrogens (primary N) is 1. The molecule has 5 heteroatoms. The number of nitrogens with one attached hydrogen (secondary N) is 1. The first-order valence-corrected chi connectivity index (χ1v) is 6.07. The molecule has 4 nitrogen and oxygen atoms in total. The minimum Gasteiger partial charge on any atom is -0.326 e. The van der Waals surface area contributed by atoms with E-state index in [9.17, 15) is 4.79 Å². The number of carbonyl (C=O) groups excluding carboxylic acids is 1. The fourth-order valence-electron chi connectivity index (χ4n) is 2.07. The first-order valence-electron chi connectivity index (χ1n) is 6.07. The molecule has 1 amide bonds. The van der Waals surface area contributed by atoms with Gasteiger partial charge in [0.1, 0.15) is 0 Å².